The number of hydrogen-bond donors (Lipinski definition) is 1. The molecule has 1 heterocycles. The van der Waals surface area contributed by atoms with Gasteiger partial charge in [0.2, 0.25) is 0 Å². The molecule has 0 aliphatic rings. The average molecular weight is 281 g/mol. The Hall–Kier alpha value is -0.900. The van der Waals surface area contributed by atoms with Crippen LogP contribution in [0.3, 0.4) is 0 Å². The molecular formula is C14H17ClN2S. The van der Waals surface area contributed by atoms with E-state index in [0.717, 1.165) is 29.2 Å². The Balaban J connectivity index is 1.96. The van der Waals surface area contributed by atoms with Crippen LogP contribution in [0.1, 0.15) is 36.2 Å². The lowest BCUT2D eigenvalue weighted by atomic mass is 10.1. The smallest absolute Gasteiger partial charge is 0.0926 e. The van der Waals surface area contributed by atoms with Crippen molar-refractivity contribution < 1.29 is 0 Å². The molecule has 2 rings (SSSR count). The summed E-state index contributed by atoms with van der Waals surface area (Å²) in [5.74, 6) is 0. The highest BCUT2D eigenvalue weighted by atomic mass is 35.5. The van der Waals surface area contributed by atoms with Gasteiger partial charge in [-0.15, -0.1) is 11.3 Å². The van der Waals surface area contributed by atoms with Crippen LogP contribution in [-0.2, 0) is 13.0 Å². The van der Waals surface area contributed by atoms with Crippen molar-refractivity contribution >= 4 is 22.9 Å². The molecule has 0 unspecified atom stereocenters. The molecular weight excluding hydrogens is 264 g/mol. The van der Waals surface area contributed by atoms with Gasteiger partial charge in [0.05, 0.1) is 10.7 Å². The first-order valence-electron chi connectivity index (χ1n) is 6.11. The molecule has 2 nitrogen and oxygen atoms in total. The minimum absolute atomic E-state index is 0.227. The summed E-state index contributed by atoms with van der Waals surface area (Å²) in [5.41, 5.74) is 2.24. The topological polar surface area (TPSA) is 24.9 Å². The molecule has 0 aliphatic heterocycles. The van der Waals surface area contributed by atoms with Crippen LogP contribution in [0.2, 0.25) is 5.02 Å². The largest absolute Gasteiger partial charge is 0.304 e. The van der Waals surface area contributed by atoms with Crippen molar-refractivity contribution in [1.29, 1.82) is 0 Å². The molecule has 0 saturated carbocycles. The average Bonchev–Trinajstić information content (AvgIpc) is 2.84. The first kappa shape index (κ1) is 13.5. The molecule has 0 fully saturated rings. The first-order chi connectivity index (χ1) is 8.70. The number of hydrogen-bond acceptors (Lipinski definition) is 3. The summed E-state index contributed by atoms with van der Waals surface area (Å²) >= 11 is 7.90. The molecule has 0 aliphatic carbocycles. The number of aromatic nitrogens is 1. The van der Waals surface area contributed by atoms with Crippen LogP contribution in [0.25, 0.3) is 0 Å². The monoisotopic (exact) mass is 280 g/mol. The normalized spacial score (nSPS) is 12.6. The molecule has 1 aromatic heterocycles. The van der Waals surface area contributed by atoms with Crippen molar-refractivity contribution in [2.45, 2.75) is 32.9 Å². The maximum absolute atomic E-state index is 6.17. The third kappa shape index (κ3) is 3.31. The van der Waals surface area contributed by atoms with E-state index in [1.807, 2.05) is 18.2 Å². The Morgan fingerprint density at radius 3 is 2.83 bits per heavy atom. The third-order valence-corrected chi connectivity index (χ3v) is 4.25. The summed E-state index contributed by atoms with van der Waals surface area (Å²) in [5, 5.41) is 7.57. The highest BCUT2D eigenvalue weighted by Crippen LogP contribution is 2.22. The van der Waals surface area contributed by atoms with Crippen molar-refractivity contribution in [3.05, 3.63) is 50.9 Å². The minimum atomic E-state index is 0.227. The van der Waals surface area contributed by atoms with Gasteiger partial charge in [-0.05, 0) is 25.0 Å². The molecule has 96 valence electrons. The Bertz CT molecular complexity index is 510. The summed E-state index contributed by atoms with van der Waals surface area (Å²) in [6.45, 7) is 5.03. The second-order valence-corrected chi connectivity index (χ2v) is 5.56. The number of thiazole rings is 1. The van der Waals surface area contributed by atoms with Gasteiger partial charge in [-0.2, -0.15) is 0 Å². The molecule has 0 amide bonds. The first-order valence-corrected chi connectivity index (χ1v) is 7.37. The van der Waals surface area contributed by atoms with Crippen LogP contribution in [-0.4, -0.2) is 4.98 Å². The fourth-order valence-electron chi connectivity index (χ4n) is 1.79. The summed E-state index contributed by atoms with van der Waals surface area (Å²) < 4.78 is 0. The van der Waals surface area contributed by atoms with Crippen LogP contribution in [0.15, 0.2) is 29.6 Å². The van der Waals surface area contributed by atoms with E-state index in [4.69, 9.17) is 11.6 Å². The lowest BCUT2D eigenvalue weighted by Gasteiger charge is -2.14. The fourth-order valence-corrected chi connectivity index (χ4v) is 2.83. The van der Waals surface area contributed by atoms with Crippen molar-refractivity contribution in [3.63, 3.8) is 0 Å². The maximum atomic E-state index is 6.17. The van der Waals surface area contributed by atoms with E-state index >= 15 is 0 Å². The van der Waals surface area contributed by atoms with Gasteiger partial charge in [-0.25, -0.2) is 4.98 Å². The van der Waals surface area contributed by atoms with Gasteiger partial charge in [0.15, 0.2) is 0 Å². The molecule has 1 N–H and O–H groups in total. The number of nitrogens with zero attached hydrogens (tertiary/aromatic N) is 1. The Morgan fingerprint density at radius 1 is 1.39 bits per heavy atom. The van der Waals surface area contributed by atoms with E-state index in [1.54, 1.807) is 11.3 Å². The van der Waals surface area contributed by atoms with Crippen LogP contribution in [0, 0.1) is 0 Å². The predicted octanol–water partition coefficient (Wildman–Crippen LogP) is 4.21. The number of halogens is 1. The van der Waals surface area contributed by atoms with E-state index in [1.165, 1.54) is 5.01 Å². The van der Waals surface area contributed by atoms with Crippen LogP contribution in [0.4, 0.5) is 0 Å². The van der Waals surface area contributed by atoms with Gasteiger partial charge in [0.25, 0.3) is 0 Å². The molecule has 0 spiro atoms. The van der Waals surface area contributed by atoms with Crippen molar-refractivity contribution in [3.8, 4) is 0 Å². The van der Waals surface area contributed by atoms with Crippen LogP contribution < -0.4 is 5.32 Å². The van der Waals surface area contributed by atoms with Crippen molar-refractivity contribution in [1.82, 2.24) is 10.3 Å². The van der Waals surface area contributed by atoms with E-state index in [2.05, 4.69) is 35.6 Å². The minimum Gasteiger partial charge on any atom is -0.304 e. The highest BCUT2D eigenvalue weighted by molar-refractivity contribution is 7.09. The Kier molecular flexibility index (Phi) is 4.75. The Labute approximate surface area is 117 Å². The zero-order chi connectivity index (χ0) is 13.0. The fraction of sp³-hybridized carbons (Fsp3) is 0.357. The van der Waals surface area contributed by atoms with Crippen molar-refractivity contribution in [2.24, 2.45) is 0 Å². The number of nitrogens with one attached hydrogen (secondary N) is 1. The zero-order valence-corrected chi connectivity index (χ0v) is 12.2. The van der Waals surface area contributed by atoms with Gasteiger partial charge < -0.3 is 5.32 Å². The zero-order valence-electron chi connectivity index (χ0n) is 10.6. The predicted molar refractivity (Wildman–Crippen MR) is 78.2 cm³/mol. The molecule has 0 bridgehead atoms. The van der Waals surface area contributed by atoms with E-state index < -0.39 is 0 Å². The lowest BCUT2D eigenvalue weighted by Crippen LogP contribution is -2.18. The van der Waals surface area contributed by atoms with E-state index in [0.29, 0.717) is 0 Å². The third-order valence-electron chi connectivity index (χ3n) is 2.86. The van der Waals surface area contributed by atoms with Crippen LogP contribution in [0.5, 0.6) is 0 Å². The lowest BCUT2D eigenvalue weighted by molar-refractivity contribution is 0.568. The number of benzene rings is 1. The number of rotatable bonds is 5. The van der Waals surface area contributed by atoms with Gasteiger partial charge in [-0.3, -0.25) is 0 Å². The van der Waals surface area contributed by atoms with Crippen molar-refractivity contribution in [2.75, 3.05) is 0 Å². The van der Waals surface area contributed by atoms with E-state index in [-0.39, 0.29) is 6.04 Å². The maximum Gasteiger partial charge on any atom is 0.0926 e. The van der Waals surface area contributed by atoms with Gasteiger partial charge in [-0.1, -0.05) is 36.7 Å². The SMILES string of the molecule is CCc1nc(CN[C@H](C)c2ccccc2Cl)cs1. The Morgan fingerprint density at radius 2 is 2.17 bits per heavy atom. The van der Waals surface area contributed by atoms with Gasteiger partial charge in [0, 0.05) is 23.0 Å². The molecule has 4 heteroatoms. The summed E-state index contributed by atoms with van der Waals surface area (Å²) in [4.78, 5) is 4.54. The standard InChI is InChI=1S/C14H17ClN2S/c1-3-14-17-11(9-18-14)8-16-10(2)12-6-4-5-7-13(12)15/h4-7,9-10,16H,3,8H2,1-2H3/t10-/m1/s1. The summed E-state index contributed by atoms with van der Waals surface area (Å²) in [6.07, 6.45) is 1.00. The molecule has 2 aromatic rings. The molecule has 0 radical (unpaired) electrons. The van der Waals surface area contributed by atoms with E-state index in [9.17, 15) is 0 Å². The summed E-state index contributed by atoms with van der Waals surface area (Å²) in [6, 6.07) is 8.17. The quantitative estimate of drug-likeness (QED) is 0.887. The molecule has 1 aromatic carbocycles. The van der Waals surface area contributed by atoms with Gasteiger partial charge in [0.1, 0.15) is 0 Å². The second kappa shape index (κ2) is 6.32. The highest BCUT2D eigenvalue weighted by Gasteiger charge is 2.09. The second-order valence-electron chi connectivity index (χ2n) is 4.21. The molecule has 0 saturated heterocycles. The molecule has 1 atom stereocenters. The van der Waals surface area contributed by atoms with Crippen LogP contribution >= 0.6 is 22.9 Å². The van der Waals surface area contributed by atoms with Gasteiger partial charge >= 0.3 is 0 Å². The summed E-state index contributed by atoms with van der Waals surface area (Å²) in [7, 11) is 0. The number of aryl methyl sites for hydroxylation is 1. The molecule has 18 heavy (non-hydrogen) atoms.